The van der Waals surface area contributed by atoms with E-state index < -0.39 is 21.8 Å². The standard InChI is InChI=1S/C32H26ClN5O4S/c1-21-27(31(39)37(32(40)28(21)18-34)19-23-10-7-8-15-29(23)33)17-24-20-38(25-12-5-4-6-13-25)35-30(24)22-11-9-14-26(16-22)43(41,42)36(2)3/h4-17,20H,19H2,1-3H3/b27-17+. The molecule has 0 saturated heterocycles. The molecule has 0 aliphatic carbocycles. The summed E-state index contributed by atoms with van der Waals surface area (Å²) in [6.45, 7) is 1.44. The molecule has 216 valence electrons. The van der Waals surface area contributed by atoms with Gasteiger partial charge < -0.3 is 0 Å². The molecule has 0 spiro atoms. The minimum Gasteiger partial charge on any atom is -0.269 e. The number of carbonyl (C=O) groups is 2. The summed E-state index contributed by atoms with van der Waals surface area (Å²) < 4.78 is 28.5. The average molecular weight is 612 g/mol. The first-order valence-corrected chi connectivity index (χ1v) is 15.0. The lowest BCUT2D eigenvalue weighted by molar-refractivity contribution is -0.141. The summed E-state index contributed by atoms with van der Waals surface area (Å²) in [5.74, 6) is -1.30. The monoisotopic (exact) mass is 611 g/mol. The number of carbonyl (C=O) groups excluding carboxylic acids is 2. The maximum Gasteiger partial charge on any atom is 0.271 e. The van der Waals surface area contributed by atoms with Gasteiger partial charge in [-0.25, -0.2) is 17.4 Å². The molecule has 0 radical (unpaired) electrons. The summed E-state index contributed by atoms with van der Waals surface area (Å²) in [5, 5.41) is 15.0. The van der Waals surface area contributed by atoms with Gasteiger partial charge in [0.15, 0.2) is 0 Å². The quantitative estimate of drug-likeness (QED) is 0.209. The molecule has 1 aromatic heterocycles. The Morgan fingerprint density at radius 3 is 2.35 bits per heavy atom. The predicted octanol–water partition coefficient (Wildman–Crippen LogP) is 5.24. The molecule has 1 aliphatic heterocycles. The summed E-state index contributed by atoms with van der Waals surface area (Å²) in [6.07, 6.45) is 3.29. The van der Waals surface area contributed by atoms with Crippen LogP contribution in [-0.4, -0.2) is 53.3 Å². The Balaban J connectivity index is 1.69. The number of imide groups is 1. The number of aromatic nitrogens is 2. The van der Waals surface area contributed by atoms with E-state index >= 15 is 0 Å². The van der Waals surface area contributed by atoms with Crippen LogP contribution in [0.5, 0.6) is 0 Å². The van der Waals surface area contributed by atoms with Gasteiger partial charge in [-0.1, -0.05) is 60.1 Å². The van der Waals surface area contributed by atoms with Gasteiger partial charge in [-0.3, -0.25) is 14.5 Å². The highest BCUT2D eigenvalue weighted by Crippen LogP contribution is 2.33. The molecule has 0 bridgehead atoms. The van der Waals surface area contributed by atoms with Crippen molar-refractivity contribution in [2.75, 3.05) is 14.1 Å². The van der Waals surface area contributed by atoms with E-state index in [4.69, 9.17) is 16.7 Å². The molecule has 43 heavy (non-hydrogen) atoms. The highest BCUT2D eigenvalue weighted by Gasteiger charge is 2.36. The minimum absolute atomic E-state index is 0.0796. The number of para-hydroxylation sites is 1. The predicted molar refractivity (Wildman–Crippen MR) is 163 cm³/mol. The van der Waals surface area contributed by atoms with Crippen molar-refractivity contribution in [2.45, 2.75) is 18.4 Å². The molecule has 4 aromatic rings. The van der Waals surface area contributed by atoms with E-state index in [1.54, 1.807) is 60.3 Å². The first-order valence-electron chi connectivity index (χ1n) is 13.1. The number of amides is 2. The van der Waals surface area contributed by atoms with Gasteiger partial charge in [-0.15, -0.1) is 0 Å². The largest absolute Gasteiger partial charge is 0.271 e. The van der Waals surface area contributed by atoms with Gasteiger partial charge >= 0.3 is 0 Å². The zero-order chi connectivity index (χ0) is 30.9. The van der Waals surface area contributed by atoms with Gasteiger partial charge in [0.05, 0.1) is 17.1 Å². The molecule has 5 rings (SSSR count). The summed E-state index contributed by atoms with van der Waals surface area (Å²) in [4.78, 5) is 28.2. The number of hydrogen-bond acceptors (Lipinski definition) is 6. The number of nitriles is 1. The van der Waals surface area contributed by atoms with Crippen molar-refractivity contribution < 1.29 is 18.0 Å². The molecule has 9 nitrogen and oxygen atoms in total. The molecule has 1 aliphatic rings. The molecule has 0 fully saturated rings. The fourth-order valence-electron chi connectivity index (χ4n) is 4.67. The van der Waals surface area contributed by atoms with E-state index in [0.29, 0.717) is 27.4 Å². The Morgan fingerprint density at radius 1 is 0.977 bits per heavy atom. The molecule has 2 heterocycles. The number of nitrogens with zero attached hydrogens (tertiary/aromatic N) is 5. The molecular formula is C32H26ClN5O4S. The maximum atomic E-state index is 13.9. The van der Waals surface area contributed by atoms with Gasteiger partial charge in [-0.2, -0.15) is 10.4 Å². The maximum absolute atomic E-state index is 13.9. The molecule has 0 N–H and O–H groups in total. The van der Waals surface area contributed by atoms with Crippen molar-refractivity contribution in [2.24, 2.45) is 0 Å². The van der Waals surface area contributed by atoms with E-state index in [1.165, 1.54) is 26.2 Å². The van der Waals surface area contributed by atoms with Crippen LogP contribution in [0.1, 0.15) is 18.1 Å². The fourth-order valence-corrected chi connectivity index (χ4v) is 5.81. The second kappa shape index (κ2) is 11.8. The highest BCUT2D eigenvalue weighted by molar-refractivity contribution is 7.89. The van der Waals surface area contributed by atoms with E-state index in [2.05, 4.69) is 0 Å². The number of halogens is 1. The minimum atomic E-state index is -3.74. The normalized spacial score (nSPS) is 15.0. The van der Waals surface area contributed by atoms with E-state index in [9.17, 15) is 23.3 Å². The zero-order valence-corrected chi connectivity index (χ0v) is 25.1. The van der Waals surface area contributed by atoms with Crippen LogP contribution < -0.4 is 0 Å². The van der Waals surface area contributed by atoms with Gasteiger partial charge in [-0.05, 0) is 54.5 Å². The number of hydrogen-bond donors (Lipinski definition) is 0. The summed E-state index contributed by atoms with van der Waals surface area (Å²) in [5.41, 5.74) is 2.88. The van der Waals surface area contributed by atoms with Crippen LogP contribution in [-0.2, 0) is 26.2 Å². The Bertz CT molecular complexity index is 1970. The zero-order valence-electron chi connectivity index (χ0n) is 23.5. The Kier molecular flexibility index (Phi) is 8.15. The van der Waals surface area contributed by atoms with Crippen molar-refractivity contribution >= 4 is 39.5 Å². The first kappa shape index (κ1) is 29.7. The lowest BCUT2D eigenvalue weighted by Gasteiger charge is -2.27. The lowest BCUT2D eigenvalue weighted by Crippen LogP contribution is -2.42. The Morgan fingerprint density at radius 2 is 1.67 bits per heavy atom. The third-order valence-corrected chi connectivity index (χ3v) is 9.24. The van der Waals surface area contributed by atoms with Crippen LogP contribution in [0.3, 0.4) is 0 Å². The number of rotatable bonds is 7. The lowest BCUT2D eigenvalue weighted by atomic mass is 9.93. The second-order valence-electron chi connectivity index (χ2n) is 9.99. The molecular weight excluding hydrogens is 586 g/mol. The first-order chi connectivity index (χ1) is 20.5. The molecule has 0 atom stereocenters. The van der Waals surface area contributed by atoms with Crippen LogP contribution in [0.4, 0.5) is 0 Å². The highest BCUT2D eigenvalue weighted by atomic mass is 35.5. The molecule has 2 amide bonds. The van der Waals surface area contributed by atoms with Gasteiger partial charge in [0.2, 0.25) is 10.0 Å². The molecule has 3 aromatic carbocycles. The summed E-state index contributed by atoms with van der Waals surface area (Å²) in [6, 6.07) is 24.5. The topological polar surface area (TPSA) is 116 Å². The average Bonchev–Trinajstić information content (AvgIpc) is 3.43. The van der Waals surface area contributed by atoms with Gasteiger partial charge in [0.25, 0.3) is 11.8 Å². The van der Waals surface area contributed by atoms with Crippen LogP contribution in [0.25, 0.3) is 23.0 Å². The third kappa shape index (κ3) is 5.66. The SMILES string of the molecule is CC1=C(C#N)C(=O)N(Cc2ccccc2Cl)C(=O)/C1=C/c1cn(-c2ccccc2)nc1-c1cccc(S(=O)(=O)N(C)C)c1. The van der Waals surface area contributed by atoms with Crippen LogP contribution >= 0.6 is 11.6 Å². The van der Waals surface area contributed by atoms with E-state index in [1.807, 2.05) is 36.4 Å². The Labute approximate surface area is 254 Å². The summed E-state index contributed by atoms with van der Waals surface area (Å²) in [7, 11) is -0.832. The van der Waals surface area contributed by atoms with Crippen molar-refractivity contribution in [1.82, 2.24) is 19.0 Å². The van der Waals surface area contributed by atoms with Gasteiger partial charge in [0, 0.05) is 42.0 Å². The molecule has 11 heteroatoms. The van der Waals surface area contributed by atoms with E-state index in [-0.39, 0.29) is 28.2 Å². The van der Waals surface area contributed by atoms with E-state index in [0.717, 1.165) is 14.9 Å². The van der Waals surface area contributed by atoms with Crippen LogP contribution in [0.15, 0.2) is 107 Å². The van der Waals surface area contributed by atoms with Crippen LogP contribution in [0, 0.1) is 11.3 Å². The molecule has 0 saturated carbocycles. The number of benzene rings is 3. The van der Waals surface area contributed by atoms with Crippen molar-refractivity contribution in [3.63, 3.8) is 0 Å². The van der Waals surface area contributed by atoms with Crippen molar-refractivity contribution in [3.05, 3.63) is 118 Å². The third-order valence-electron chi connectivity index (χ3n) is 7.06. The number of sulfonamides is 1. The van der Waals surface area contributed by atoms with Crippen molar-refractivity contribution in [1.29, 1.82) is 5.26 Å². The molecule has 0 unspecified atom stereocenters. The van der Waals surface area contributed by atoms with Gasteiger partial charge in [0.1, 0.15) is 17.3 Å². The fraction of sp³-hybridized carbons (Fsp3) is 0.125. The van der Waals surface area contributed by atoms with Crippen LogP contribution in [0.2, 0.25) is 5.02 Å². The Hall–Kier alpha value is -4.82. The smallest absolute Gasteiger partial charge is 0.269 e. The second-order valence-corrected chi connectivity index (χ2v) is 12.5. The summed E-state index contributed by atoms with van der Waals surface area (Å²) >= 11 is 6.32. The van der Waals surface area contributed by atoms with Crippen molar-refractivity contribution in [3.8, 4) is 23.0 Å².